The molecule has 0 saturated heterocycles. The average molecular weight is 357 g/mol. The van der Waals surface area contributed by atoms with Crippen molar-refractivity contribution in [2.45, 2.75) is 13.3 Å². The Labute approximate surface area is 157 Å². The fraction of sp³-hybridized carbons (Fsp3) is 0.143. The number of carbonyl (C=O) groups excluding carboxylic acids is 1. The standard InChI is InChI=1S/C21H19N5O/c1-15-24-19(21(27)23-12-11-16-5-3-2-4-6-16)13-20(25-15)26-18-9-7-17(14-22)8-10-18/h2-10,13H,11-12H2,1H3,(H,23,27)(H,24,25,26). The van der Waals surface area contributed by atoms with Crippen LogP contribution in [0.1, 0.15) is 27.4 Å². The van der Waals surface area contributed by atoms with Gasteiger partial charge in [-0.15, -0.1) is 0 Å². The van der Waals surface area contributed by atoms with E-state index in [4.69, 9.17) is 5.26 Å². The summed E-state index contributed by atoms with van der Waals surface area (Å²) in [5.74, 6) is 0.793. The van der Waals surface area contributed by atoms with E-state index in [1.807, 2.05) is 30.3 Å². The van der Waals surface area contributed by atoms with E-state index in [2.05, 4.69) is 26.7 Å². The Morgan fingerprint density at radius 3 is 2.52 bits per heavy atom. The molecule has 2 N–H and O–H groups in total. The summed E-state index contributed by atoms with van der Waals surface area (Å²) in [5.41, 5.74) is 2.84. The average Bonchev–Trinajstić information content (AvgIpc) is 2.69. The van der Waals surface area contributed by atoms with Crippen molar-refractivity contribution in [3.8, 4) is 6.07 Å². The third-order valence-electron chi connectivity index (χ3n) is 3.90. The summed E-state index contributed by atoms with van der Waals surface area (Å²) >= 11 is 0. The Hall–Kier alpha value is -3.72. The first kappa shape index (κ1) is 18.1. The van der Waals surface area contributed by atoms with Gasteiger partial charge in [0.2, 0.25) is 0 Å². The van der Waals surface area contributed by atoms with Gasteiger partial charge in [-0.3, -0.25) is 4.79 Å². The largest absolute Gasteiger partial charge is 0.350 e. The highest BCUT2D eigenvalue weighted by Crippen LogP contribution is 2.16. The molecule has 0 atom stereocenters. The Bertz CT molecular complexity index is 962. The van der Waals surface area contributed by atoms with Crippen LogP contribution in [0.4, 0.5) is 11.5 Å². The van der Waals surface area contributed by atoms with E-state index in [9.17, 15) is 4.79 Å². The summed E-state index contributed by atoms with van der Waals surface area (Å²) in [6.45, 7) is 2.27. The fourth-order valence-electron chi connectivity index (χ4n) is 2.58. The maximum Gasteiger partial charge on any atom is 0.270 e. The second-order valence-electron chi connectivity index (χ2n) is 5.99. The molecule has 1 heterocycles. The molecule has 27 heavy (non-hydrogen) atoms. The first-order chi connectivity index (χ1) is 13.1. The molecule has 0 fully saturated rings. The van der Waals surface area contributed by atoms with Gasteiger partial charge in [0.15, 0.2) is 0 Å². The summed E-state index contributed by atoms with van der Waals surface area (Å²) in [5, 5.41) is 14.9. The first-order valence-corrected chi connectivity index (χ1v) is 8.59. The Kier molecular flexibility index (Phi) is 5.75. The number of benzene rings is 2. The minimum atomic E-state index is -0.237. The molecule has 134 valence electrons. The number of hydrogen-bond acceptors (Lipinski definition) is 5. The van der Waals surface area contributed by atoms with Crippen LogP contribution in [0.5, 0.6) is 0 Å². The predicted octanol–water partition coefficient (Wildman–Crippen LogP) is 3.37. The van der Waals surface area contributed by atoms with Gasteiger partial charge < -0.3 is 10.6 Å². The summed E-state index contributed by atoms with van der Waals surface area (Å²) in [7, 11) is 0. The maximum atomic E-state index is 12.4. The fourth-order valence-corrected chi connectivity index (χ4v) is 2.58. The highest BCUT2D eigenvalue weighted by molar-refractivity contribution is 5.93. The molecule has 3 aromatic rings. The Morgan fingerprint density at radius 1 is 1.07 bits per heavy atom. The van der Waals surface area contributed by atoms with Crippen LogP contribution >= 0.6 is 0 Å². The van der Waals surface area contributed by atoms with Crippen LogP contribution in [0.3, 0.4) is 0 Å². The Balaban J connectivity index is 1.64. The van der Waals surface area contributed by atoms with E-state index in [0.29, 0.717) is 29.4 Å². The quantitative estimate of drug-likeness (QED) is 0.706. The first-order valence-electron chi connectivity index (χ1n) is 8.59. The molecule has 0 aliphatic rings. The number of carbonyl (C=O) groups is 1. The van der Waals surface area contributed by atoms with Gasteiger partial charge >= 0.3 is 0 Å². The van der Waals surface area contributed by atoms with E-state index >= 15 is 0 Å². The van der Waals surface area contributed by atoms with Crippen LogP contribution < -0.4 is 10.6 Å². The predicted molar refractivity (Wildman–Crippen MR) is 104 cm³/mol. The lowest BCUT2D eigenvalue weighted by Gasteiger charge is -2.09. The van der Waals surface area contributed by atoms with Crippen LogP contribution in [0.2, 0.25) is 0 Å². The molecule has 2 aromatic carbocycles. The van der Waals surface area contributed by atoms with Crippen LogP contribution in [-0.2, 0) is 6.42 Å². The molecule has 0 aliphatic heterocycles. The van der Waals surface area contributed by atoms with Crippen LogP contribution in [0.25, 0.3) is 0 Å². The normalized spacial score (nSPS) is 10.1. The van der Waals surface area contributed by atoms with Gasteiger partial charge in [-0.1, -0.05) is 30.3 Å². The van der Waals surface area contributed by atoms with Crippen molar-refractivity contribution >= 4 is 17.4 Å². The third-order valence-corrected chi connectivity index (χ3v) is 3.90. The lowest BCUT2D eigenvalue weighted by atomic mass is 10.1. The number of nitriles is 1. The summed E-state index contributed by atoms with van der Waals surface area (Å²) in [4.78, 5) is 20.9. The van der Waals surface area contributed by atoms with E-state index in [0.717, 1.165) is 12.1 Å². The molecule has 0 aliphatic carbocycles. The zero-order valence-electron chi connectivity index (χ0n) is 14.9. The molecule has 3 rings (SSSR count). The van der Waals surface area contributed by atoms with Gasteiger partial charge in [-0.25, -0.2) is 9.97 Å². The number of nitrogens with one attached hydrogen (secondary N) is 2. The van der Waals surface area contributed by atoms with Crippen molar-refractivity contribution in [2.75, 3.05) is 11.9 Å². The van der Waals surface area contributed by atoms with Crippen molar-refractivity contribution in [1.29, 1.82) is 5.26 Å². The van der Waals surface area contributed by atoms with Crippen LogP contribution in [0, 0.1) is 18.3 Å². The van der Waals surface area contributed by atoms with Crippen molar-refractivity contribution in [3.63, 3.8) is 0 Å². The number of aryl methyl sites for hydroxylation is 1. The molecule has 0 radical (unpaired) electrons. The van der Waals surface area contributed by atoms with Gasteiger partial charge in [0.05, 0.1) is 11.6 Å². The molecule has 1 amide bonds. The van der Waals surface area contributed by atoms with E-state index in [1.165, 1.54) is 5.56 Å². The van der Waals surface area contributed by atoms with Gasteiger partial charge in [0, 0.05) is 18.3 Å². The van der Waals surface area contributed by atoms with Gasteiger partial charge in [0.25, 0.3) is 5.91 Å². The highest BCUT2D eigenvalue weighted by atomic mass is 16.1. The number of amides is 1. The molecule has 0 saturated carbocycles. The van der Waals surface area contributed by atoms with Crippen molar-refractivity contribution in [1.82, 2.24) is 15.3 Å². The third kappa shape index (κ3) is 5.13. The lowest BCUT2D eigenvalue weighted by Crippen LogP contribution is -2.27. The SMILES string of the molecule is Cc1nc(Nc2ccc(C#N)cc2)cc(C(=O)NCCc2ccccc2)n1. The molecular weight excluding hydrogens is 338 g/mol. The van der Waals surface area contributed by atoms with Crippen molar-refractivity contribution < 1.29 is 4.79 Å². The lowest BCUT2D eigenvalue weighted by molar-refractivity contribution is 0.0949. The highest BCUT2D eigenvalue weighted by Gasteiger charge is 2.10. The summed E-state index contributed by atoms with van der Waals surface area (Å²) < 4.78 is 0. The van der Waals surface area contributed by atoms with Crippen LogP contribution in [0.15, 0.2) is 60.7 Å². The topological polar surface area (TPSA) is 90.7 Å². The van der Waals surface area contributed by atoms with Crippen molar-refractivity contribution in [2.24, 2.45) is 0 Å². The molecular formula is C21H19N5O. The van der Waals surface area contributed by atoms with Gasteiger partial charge in [0.1, 0.15) is 17.3 Å². The van der Waals surface area contributed by atoms with E-state index in [1.54, 1.807) is 37.3 Å². The minimum absolute atomic E-state index is 0.237. The summed E-state index contributed by atoms with van der Waals surface area (Å²) in [6.07, 6.45) is 0.757. The second-order valence-corrected chi connectivity index (χ2v) is 5.99. The molecule has 0 unspecified atom stereocenters. The van der Waals surface area contributed by atoms with E-state index in [-0.39, 0.29) is 5.91 Å². The Morgan fingerprint density at radius 2 is 1.81 bits per heavy atom. The zero-order valence-corrected chi connectivity index (χ0v) is 14.9. The molecule has 0 spiro atoms. The monoisotopic (exact) mass is 357 g/mol. The molecule has 1 aromatic heterocycles. The van der Waals surface area contributed by atoms with Gasteiger partial charge in [-0.2, -0.15) is 5.26 Å². The molecule has 0 bridgehead atoms. The number of nitrogens with zero attached hydrogens (tertiary/aromatic N) is 3. The molecule has 6 heteroatoms. The van der Waals surface area contributed by atoms with Gasteiger partial charge in [-0.05, 0) is 43.2 Å². The number of rotatable bonds is 6. The second kappa shape index (κ2) is 8.59. The number of hydrogen-bond donors (Lipinski definition) is 2. The van der Waals surface area contributed by atoms with Crippen molar-refractivity contribution in [3.05, 3.63) is 83.3 Å². The summed E-state index contributed by atoms with van der Waals surface area (Å²) in [6, 6.07) is 20.7. The zero-order chi connectivity index (χ0) is 19.1. The maximum absolute atomic E-state index is 12.4. The number of aromatic nitrogens is 2. The number of anilines is 2. The molecule has 6 nitrogen and oxygen atoms in total. The van der Waals surface area contributed by atoms with Crippen LogP contribution in [-0.4, -0.2) is 22.4 Å². The smallest absolute Gasteiger partial charge is 0.270 e. The van der Waals surface area contributed by atoms with E-state index < -0.39 is 0 Å². The minimum Gasteiger partial charge on any atom is -0.350 e.